The molecule has 1 aliphatic heterocycles. The fourth-order valence-electron chi connectivity index (χ4n) is 3.47. The van der Waals surface area contributed by atoms with E-state index in [1.54, 1.807) is 15.5 Å². The van der Waals surface area contributed by atoms with E-state index in [0.29, 0.717) is 11.3 Å². The number of fused-ring (bicyclic) bond motifs is 1. The average Bonchev–Trinajstić information content (AvgIpc) is 3.32. The van der Waals surface area contributed by atoms with Crippen molar-refractivity contribution in [2.75, 3.05) is 18.4 Å². The maximum Gasteiger partial charge on any atom is 0.290 e. The molecule has 3 aromatic rings. The Morgan fingerprint density at radius 3 is 2.63 bits per heavy atom. The number of likely N-dealkylation sites (tertiary alicyclic amines) is 1. The molecule has 1 fully saturated rings. The fraction of sp³-hybridized carbons (Fsp3) is 0.286. The van der Waals surface area contributed by atoms with Crippen LogP contribution in [0.15, 0.2) is 42.6 Å². The third kappa shape index (κ3) is 3.18. The minimum absolute atomic E-state index is 0.125. The minimum Gasteiger partial charge on any atom is -0.336 e. The maximum atomic E-state index is 12.9. The van der Waals surface area contributed by atoms with Gasteiger partial charge in [0.2, 0.25) is 5.82 Å². The molecule has 3 heterocycles. The topological polar surface area (TPSA) is 66.7 Å². The lowest BCUT2D eigenvalue weighted by molar-refractivity contribution is 0.0780. The van der Waals surface area contributed by atoms with Crippen LogP contribution in [0.5, 0.6) is 0 Å². The van der Waals surface area contributed by atoms with Gasteiger partial charge in [-0.2, -0.15) is 0 Å². The summed E-state index contributed by atoms with van der Waals surface area (Å²) in [5, 5.41) is 2.94. The van der Waals surface area contributed by atoms with Crippen LogP contribution in [-0.2, 0) is 0 Å². The van der Waals surface area contributed by atoms with Crippen LogP contribution < -0.4 is 5.32 Å². The van der Waals surface area contributed by atoms with E-state index in [4.69, 9.17) is 0 Å². The number of pyridine rings is 1. The van der Waals surface area contributed by atoms with Gasteiger partial charge >= 0.3 is 0 Å². The van der Waals surface area contributed by atoms with Gasteiger partial charge in [0, 0.05) is 25.0 Å². The first-order valence-electron chi connectivity index (χ1n) is 9.19. The summed E-state index contributed by atoms with van der Waals surface area (Å²) in [6, 6.07) is 11.4. The monoisotopic (exact) mass is 362 g/mol. The van der Waals surface area contributed by atoms with Gasteiger partial charge in [0.25, 0.3) is 11.8 Å². The molecule has 2 amide bonds. The second-order valence-corrected chi connectivity index (χ2v) is 7.01. The molecule has 2 aromatic heterocycles. The molecule has 0 bridgehead atoms. The maximum absolute atomic E-state index is 12.9. The van der Waals surface area contributed by atoms with Gasteiger partial charge in [-0.25, -0.2) is 4.98 Å². The van der Waals surface area contributed by atoms with Crippen molar-refractivity contribution in [3.63, 3.8) is 0 Å². The van der Waals surface area contributed by atoms with Gasteiger partial charge in [0.1, 0.15) is 0 Å². The van der Waals surface area contributed by atoms with Crippen molar-refractivity contribution in [1.29, 1.82) is 0 Å². The highest BCUT2D eigenvalue weighted by Gasteiger charge is 2.26. The van der Waals surface area contributed by atoms with E-state index in [1.165, 1.54) is 0 Å². The number of carbonyl (C=O) groups is 2. The van der Waals surface area contributed by atoms with Crippen LogP contribution >= 0.6 is 0 Å². The molecule has 6 heteroatoms. The minimum atomic E-state index is -0.312. The van der Waals surface area contributed by atoms with Gasteiger partial charge in [0.15, 0.2) is 5.69 Å². The third-order valence-electron chi connectivity index (χ3n) is 4.99. The number of hydrogen-bond acceptors (Lipinski definition) is 3. The van der Waals surface area contributed by atoms with Gasteiger partial charge in [-0.1, -0.05) is 18.2 Å². The summed E-state index contributed by atoms with van der Waals surface area (Å²) in [6.07, 6.45) is 3.80. The van der Waals surface area contributed by atoms with Crippen LogP contribution in [0.3, 0.4) is 0 Å². The SMILES string of the molecule is Cc1ccc(C)c(NC(=O)c2nc(C(=O)N3CCCC3)n3ccccc23)c1. The number of benzene rings is 1. The van der Waals surface area contributed by atoms with E-state index >= 15 is 0 Å². The summed E-state index contributed by atoms with van der Waals surface area (Å²) in [5.74, 6) is -0.147. The Bertz CT molecular complexity index is 1030. The van der Waals surface area contributed by atoms with E-state index in [1.807, 2.05) is 50.2 Å². The highest BCUT2D eigenvalue weighted by molar-refractivity contribution is 6.09. The third-order valence-corrected chi connectivity index (χ3v) is 4.99. The van der Waals surface area contributed by atoms with Crippen molar-refractivity contribution < 1.29 is 9.59 Å². The number of carbonyl (C=O) groups excluding carboxylic acids is 2. The van der Waals surface area contributed by atoms with Crippen molar-refractivity contribution in [3.05, 3.63) is 65.2 Å². The van der Waals surface area contributed by atoms with Gasteiger partial charge in [-0.15, -0.1) is 0 Å². The van der Waals surface area contributed by atoms with Crippen molar-refractivity contribution in [1.82, 2.24) is 14.3 Å². The van der Waals surface area contributed by atoms with Crippen molar-refractivity contribution in [3.8, 4) is 0 Å². The van der Waals surface area contributed by atoms with Crippen LogP contribution in [0.4, 0.5) is 5.69 Å². The molecule has 4 rings (SSSR count). The Kier molecular flexibility index (Phi) is 4.39. The number of aromatic nitrogens is 2. The molecule has 27 heavy (non-hydrogen) atoms. The second-order valence-electron chi connectivity index (χ2n) is 7.01. The molecule has 1 aliphatic rings. The molecule has 0 aliphatic carbocycles. The van der Waals surface area contributed by atoms with Crippen LogP contribution in [-0.4, -0.2) is 39.2 Å². The molecule has 0 unspecified atom stereocenters. The molecule has 6 nitrogen and oxygen atoms in total. The van der Waals surface area contributed by atoms with E-state index in [2.05, 4.69) is 10.3 Å². The summed E-state index contributed by atoms with van der Waals surface area (Å²) >= 11 is 0. The smallest absolute Gasteiger partial charge is 0.290 e. The number of nitrogens with zero attached hydrogens (tertiary/aromatic N) is 3. The molecule has 1 N–H and O–H groups in total. The van der Waals surface area contributed by atoms with Crippen molar-refractivity contribution >= 4 is 23.0 Å². The Hall–Kier alpha value is -3.15. The fourth-order valence-corrected chi connectivity index (χ4v) is 3.47. The van der Waals surface area contributed by atoms with Crippen molar-refractivity contribution in [2.45, 2.75) is 26.7 Å². The lowest BCUT2D eigenvalue weighted by atomic mass is 10.1. The first-order valence-corrected chi connectivity index (χ1v) is 9.19. The predicted molar refractivity (Wildman–Crippen MR) is 104 cm³/mol. The molecule has 0 atom stereocenters. The number of anilines is 1. The molecule has 138 valence electrons. The highest BCUT2D eigenvalue weighted by atomic mass is 16.2. The summed E-state index contributed by atoms with van der Waals surface area (Å²) in [4.78, 5) is 32.0. The lowest BCUT2D eigenvalue weighted by Gasteiger charge is -2.13. The zero-order valence-corrected chi connectivity index (χ0v) is 15.5. The van der Waals surface area contributed by atoms with E-state index in [9.17, 15) is 9.59 Å². The van der Waals surface area contributed by atoms with E-state index in [-0.39, 0.29) is 17.5 Å². The highest BCUT2D eigenvalue weighted by Crippen LogP contribution is 2.21. The Morgan fingerprint density at radius 1 is 1.07 bits per heavy atom. The van der Waals surface area contributed by atoms with Crippen LogP contribution in [0.1, 0.15) is 45.1 Å². The molecular formula is C21H22N4O2. The first-order chi connectivity index (χ1) is 13.0. The number of rotatable bonds is 3. The molecule has 0 radical (unpaired) electrons. The Balaban J connectivity index is 1.72. The van der Waals surface area contributed by atoms with Gasteiger partial charge in [0.05, 0.1) is 5.52 Å². The van der Waals surface area contributed by atoms with Crippen LogP contribution in [0.25, 0.3) is 5.52 Å². The summed E-state index contributed by atoms with van der Waals surface area (Å²) < 4.78 is 1.71. The van der Waals surface area contributed by atoms with Crippen molar-refractivity contribution in [2.24, 2.45) is 0 Å². The summed E-state index contributed by atoms with van der Waals surface area (Å²) in [6.45, 7) is 5.41. The number of hydrogen-bond donors (Lipinski definition) is 1. The van der Waals surface area contributed by atoms with Crippen LogP contribution in [0.2, 0.25) is 0 Å². The zero-order chi connectivity index (χ0) is 19.0. The molecule has 0 saturated carbocycles. The molecule has 1 saturated heterocycles. The number of aryl methyl sites for hydroxylation is 2. The largest absolute Gasteiger partial charge is 0.336 e. The number of imidazole rings is 1. The Morgan fingerprint density at radius 2 is 1.85 bits per heavy atom. The number of amides is 2. The number of nitrogens with one attached hydrogen (secondary N) is 1. The molecule has 0 spiro atoms. The predicted octanol–water partition coefficient (Wildman–Crippen LogP) is 3.44. The normalized spacial score (nSPS) is 13.9. The van der Waals surface area contributed by atoms with Crippen LogP contribution in [0, 0.1) is 13.8 Å². The quantitative estimate of drug-likeness (QED) is 0.776. The van der Waals surface area contributed by atoms with Gasteiger partial charge in [-0.3, -0.25) is 14.0 Å². The Labute approximate surface area is 157 Å². The van der Waals surface area contributed by atoms with Gasteiger partial charge in [-0.05, 0) is 56.0 Å². The second kappa shape index (κ2) is 6.87. The van der Waals surface area contributed by atoms with E-state index < -0.39 is 0 Å². The first kappa shape index (κ1) is 17.3. The average molecular weight is 362 g/mol. The molecule has 1 aromatic carbocycles. The zero-order valence-electron chi connectivity index (χ0n) is 15.5. The molecular weight excluding hydrogens is 340 g/mol. The lowest BCUT2D eigenvalue weighted by Crippen LogP contribution is -2.29. The van der Waals surface area contributed by atoms with Gasteiger partial charge < -0.3 is 10.2 Å². The summed E-state index contributed by atoms with van der Waals surface area (Å²) in [5.41, 5.74) is 3.69. The standard InChI is InChI=1S/C21H22N4O2/c1-14-8-9-15(2)16(13-14)22-20(26)18-17-7-3-4-12-25(17)19(23-18)21(27)24-10-5-6-11-24/h3-4,7-9,12-13H,5-6,10-11H2,1-2H3,(H,22,26). The van der Waals surface area contributed by atoms with E-state index in [0.717, 1.165) is 42.7 Å². The summed E-state index contributed by atoms with van der Waals surface area (Å²) in [7, 11) is 0.